The van der Waals surface area contributed by atoms with E-state index in [2.05, 4.69) is 14.9 Å². The lowest BCUT2D eigenvalue weighted by atomic mass is 10.0. The zero-order valence-electron chi connectivity index (χ0n) is 11.2. The average molecular weight is 299 g/mol. The summed E-state index contributed by atoms with van der Waals surface area (Å²) >= 11 is 0. The quantitative estimate of drug-likeness (QED) is 0.747. The predicted molar refractivity (Wildman–Crippen MR) is 61.3 cm³/mol. The molecule has 0 unspecified atom stereocenters. The van der Waals surface area contributed by atoms with Crippen molar-refractivity contribution >= 4 is 0 Å². The molecule has 0 saturated carbocycles. The van der Waals surface area contributed by atoms with E-state index in [0.29, 0.717) is 12.3 Å². The molecule has 1 aromatic rings. The fourth-order valence-electron chi connectivity index (χ4n) is 1.43. The highest BCUT2D eigenvalue weighted by molar-refractivity contribution is 4.91. The lowest BCUT2D eigenvalue weighted by Crippen LogP contribution is -2.32. The number of hydrogen-bond acceptors (Lipinski definition) is 5. The van der Waals surface area contributed by atoms with Crippen molar-refractivity contribution in [2.75, 3.05) is 6.61 Å². The second-order valence-corrected chi connectivity index (χ2v) is 4.84. The largest absolute Gasteiger partial charge is 0.367 e. The van der Waals surface area contributed by atoms with Crippen molar-refractivity contribution in [3.63, 3.8) is 0 Å². The summed E-state index contributed by atoms with van der Waals surface area (Å²) in [5, 5.41) is 3.49. The molecule has 116 valence electrons. The van der Waals surface area contributed by atoms with Crippen molar-refractivity contribution in [1.29, 1.82) is 0 Å². The van der Waals surface area contributed by atoms with E-state index in [-0.39, 0.29) is 11.7 Å². The van der Waals surface area contributed by atoms with Crippen LogP contribution in [0.5, 0.6) is 0 Å². The molecule has 0 aliphatic carbocycles. The molecular formula is C11H17F4N3O2. The summed E-state index contributed by atoms with van der Waals surface area (Å²) in [5.41, 5.74) is 5.79. The average Bonchev–Trinajstić information content (AvgIpc) is 2.76. The summed E-state index contributed by atoms with van der Waals surface area (Å²) < 4.78 is 58.2. The zero-order chi connectivity index (χ0) is 15.3. The number of aromatic nitrogens is 2. The normalized spacial score (nSPS) is 14.2. The lowest BCUT2D eigenvalue weighted by Gasteiger charge is -2.14. The van der Waals surface area contributed by atoms with Gasteiger partial charge in [0.15, 0.2) is 5.82 Å². The van der Waals surface area contributed by atoms with Crippen molar-refractivity contribution in [1.82, 2.24) is 10.1 Å². The third-order valence-corrected chi connectivity index (χ3v) is 2.37. The molecule has 0 saturated heterocycles. The van der Waals surface area contributed by atoms with Gasteiger partial charge in [-0.1, -0.05) is 19.0 Å². The van der Waals surface area contributed by atoms with Gasteiger partial charge in [-0.3, -0.25) is 0 Å². The van der Waals surface area contributed by atoms with Gasteiger partial charge in [0.25, 0.3) is 0 Å². The second-order valence-electron chi connectivity index (χ2n) is 4.84. The standard InChI is InChI=1S/C11H17F4N3O2/c1-6(2)3-7(16)9-17-8(18-20-9)4-19-5-11(14,15)10(12)13/h6-7,10H,3-5,16H2,1-2H3/t7-/m0/s1. The van der Waals surface area contributed by atoms with Crippen LogP contribution in [0.4, 0.5) is 17.6 Å². The Balaban J connectivity index is 2.45. The lowest BCUT2D eigenvalue weighted by molar-refractivity contribution is -0.168. The first-order valence-corrected chi connectivity index (χ1v) is 6.04. The van der Waals surface area contributed by atoms with E-state index >= 15 is 0 Å². The van der Waals surface area contributed by atoms with Gasteiger partial charge in [-0.25, -0.2) is 8.78 Å². The van der Waals surface area contributed by atoms with Gasteiger partial charge in [0.2, 0.25) is 5.89 Å². The number of nitrogens with zero attached hydrogens (tertiary/aromatic N) is 2. The summed E-state index contributed by atoms with van der Waals surface area (Å²) in [6.07, 6.45) is -3.16. The SMILES string of the molecule is CC(C)C[C@H](N)c1nc(COCC(F)(F)C(F)F)no1. The molecule has 1 aromatic heterocycles. The van der Waals surface area contributed by atoms with Crippen molar-refractivity contribution < 1.29 is 26.8 Å². The van der Waals surface area contributed by atoms with E-state index < -0.39 is 31.6 Å². The summed E-state index contributed by atoms with van der Waals surface area (Å²) in [6.45, 7) is 2.08. The maximum absolute atomic E-state index is 12.6. The zero-order valence-corrected chi connectivity index (χ0v) is 11.2. The first-order valence-electron chi connectivity index (χ1n) is 6.04. The van der Waals surface area contributed by atoms with Gasteiger partial charge in [-0.15, -0.1) is 0 Å². The summed E-state index contributed by atoms with van der Waals surface area (Å²) in [5.74, 6) is -3.72. The fraction of sp³-hybridized carbons (Fsp3) is 0.818. The molecule has 1 rings (SSSR count). The van der Waals surface area contributed by atoms with Gasteiger partial charge in [0, 0.05) is 0 Å². The fourth-order valence-corrected chi connectivity index (χ4v) is 1.43. The molecule has 5 nitrogen and oxygen atoms in total. The topological polar surface area (TPSA) is 74.2 Å². The third-order valence-electron chi connectivity index (χ3n) is 2.37. The number of ether oxygens (including phenoxy) is 1. The van der Waals surface area contributed by atoms with Gasteiger partial charge >= 0.3 is 12.3 Å². The molecule has 0 spiro atoms. The van der Waals surface area contributed by atoms with Crippen LogP contribution in [0.1, 0.15) is 38.0 Å². The Bertz CT molecular complexity index is 412. The van der Waals surface area contributed by atoms with Crippen molar-refractivity contribution in [3.8, 4) is 0 Å². The highest BCUT2D eigenvalue weighted by Crippen LogP contribution is 2.23. The van der Waals surface area contributed by atoms with Crippen LogP contribution in [0, 0.1) is 5.92 Å². The number of halogens is 4. The van der Waals surface area contributed by atoms with E-state index in [1.807, 2.05) is 13.8 Å². The third kappa shape index (κ3) is 5.04. The van der Waals surface area contributed by atoms with Crippen LogP contribution in [0.15, 0.2) is 4.52 Å². The van der Waals surface area contributed by atoms with Crippen LogP contribution < -0.4 is 5.73 Å². The molecular weight excluding hydrogens is 282 g/mol. The Hall–Kier alpha value is -1.22. The molecule has 0 bridgehead atoms. The maximum atomic E-state index is 12.6. The first kappa shape index (κ1) is 16.8. The van der Waals surface area contributed by atoms with Crippen molar-refractivity contribution in [2.24, 2.45) is 11.7 Å². The summed E-state index contributed by atoms with van der Waals surface area (Å²) in [6, 6.07) is -0.459. The number of nitrogens with two attached hydrogens (primary N) is 1. The summed E-state index contributed by atoms with van der Waals surface area (Å²) in [4.78, 5) is 3.87. The van der Waals surface area contributed by atoms with Crippen LogP contribution in [0.2, 0.25) is 0 Å². The van der Waals surface area contributed by atoms with Gasteiger partial charge in [-0.05, 0) is 12.3 Å². The highest BCUT2D eigenvalue weighted by Gasteiger charge is 2.41. The minimum absolute atomic E-state index is 0.00993. The molecule has 1 atom stereocenters. The maximum Gasteiger partial charge on any atom is 0.330 e. The molecule has 2 N–H and O–H groups in total. The Morgan fingerprint density at radius 1 is 1.35 bits per heavy atom. The monoisotopic (exact) mass is 299 g/mol. The van der Waals surface area contributed by atoms with Gasteiger partial charge < -0.3 is 15.0 Å². The second kappa shape index (κ2) is 6.98. The van der Waals surface area contributed by atoms with Crippen LogP contribution in [-0.2, 0) is 11.3 Å². The Labute approximate surface area is 113 Å². The minimum atomic E-state index is -4.19. The van der Waals surface area contributed by atoms with E-state index in [0.717, 1.165) is 0 Å². The van der Waals surface area contributed by atoms with Gasteiger partial charge in [0.1, 0.15) is 13.2 Å². The van der Waals surface area contributed by atoms with Crippen LogP contribution in [0.25, 0.3) is 0 Å². The Kier molecular flexibility index (Phi) is 5.88. The molecule has 0 aliphatic rings. The molecule has 0 aliphatic heterocycles. The number of hydrogen-bond donors (Lipinski definition) is 1. The van der Waals surface area contributed by atoms with Gasteiger partial charge in [0.05, 0.1) is 6.04 Å². The number of alkyl halides is 4. The van der Waals surface area contributed by atoms with Crippen LogP contribution >= 0.6 is 0 Å². The molecule has 20 heavy (non-hydrogen) atoms. The van der Waals surface area contributed by atoms with E-state index in [1.165, 1.54) is 0 Å². The molecule has 9 heteroatoms. The smallest absolute Gasteiger partial charge is 0.330 e. The van der Waals surface area contributed by atoms with Crippen LogP contribution in [0.3, 0.4) is 0 Å². The molecule has 0 amide bonds. The Morgan fingerprint density at radius 3 is 2.55 bits per heavy atom. The molecule has 0 fully saturated rings. The van der Waals surface area contributed by atoms with Crippen molar-refractivity contribution in [3.05, 3.63) is 11.7 Å². The number of rotatable bonds is 8. The molecule has 1 heterocycles. The van der Waals surface area contributed by atoms with Crippen LogP contribution in [-0.4, -0.2) is 29.1 Å². The first-order chi connectivity index (χ1) is 9.22. The summed E-state index contributed by atoms with van der Waals surface area (Å²) in [7, 11) is 0. The minimum Gasteiger partial charge on any atom is -0.367 e. The molecule has 0 aromatic carbocycles. The van der Waals surface area contributed by atoms with E-state index in [9.17, 15) is 17.6 Å². The predicted octanol–water partition coefficient (Wildman–Crippen LogP) is 2.53. The van der Waals surface area contributed by atoms with Crippen molar-refractivity contribution in [2.45, 2.75) is 45.3 Å². The highest BCUT2D eigenvalue weighted by atomic mass is 19.3. The molecule has 0 radical (unpaired) electrons. The van der Waals surface area contributed by atoms with Gasteiger partial charge in [-0.2, -0.15) is 13.8 Å². The van der Waals surface area contributed by atoms with E-state index in [4.69, 9.17) is 10.3 Å². The van der Waals surface area contributed by atoms with E-state index in [1.54, 1.807) is 0 Å². The Morgan fingerprint density at radius 2 is 2.00 bits per heavy atom.